The molecule has 3 nitrogen and oxygen atoms in total. The molecule has 1 fully saturated rings. The van der Waals surface area contributed by atoms with Crippen molar-refractivity contribution in [2.75, 3.05) is 11.9 Å². The van der Waals surface area contributed by atoms with Crippen LogP contribution in [0.15, 0.2) is 36.4 Å². The molecule has 0 aromatic heterocycles. The van der Waals surface area contributed by atoms with Crippen molar-refractivity contribution in [1.29, 1.82) is 0 Å². The van der Waals surface area contributed by atoms with Gasteiger partial charge in [0.25, 0.3) is 0 Å². The summed E-state index contributed by atoms with van der Waals surface area (Å²) in [6, 6.07) is 8.06. The highest BCUT2D eigenvalue weighted by atomic mass is 16.1. The molecule has 1 amide bonds. The summed E-state index contributed by atoms with van der Waals surface area (Å²) >= 11 is 0. The van der Waals surface area contributed by atoms with Crippen LogP contribution in [0.2, 0.25) is 0 Å². The van der Waals surface area contributed by atoms with Crippen LogP contribution in [0.3, 0.4) is 0 Å². The molecule has 3 unspecified atom stereocenters. The second kappa shape index (κ2) is 5.80. The smallest absolute Gasteiger partial charge is 0.228 e. The van der Waals surface area contributed by atoms with Gasteiger partial charge in [-0.25, -0.2) is 0 Å². The van der Waals surface area contributed by atoms with Gasteiger partial charge in [-0.1, -0.05) is 37.3 Å². The molecule has 3 heteroatoms. The summed E-state index contributed by atoms with van der Waals surface area (Å²) in [7, 11) is 0. The number of nitrogens with one attached hydrogen (secondary N) is 2. The Kier molecular flexibility index (Phi) is 3.88. The maximum absolute atomic E-state index is 12.5. The number of hydrogen-bond acceptors (Lipinski definition) is 2. The molecule has 3 rings (SSSR count). The minimum absolute atomic E-state index is 0.164. The average Bonchev–Trinajstić information content (AvgIpc) is 3.09. The van der Waals surface area contributed by atoms with Crippen molar-refractivity contribution in [2.45, 2.75) is 26.3 Å². The van der Waals surface area contributed by atoms with E-state index in [-0.39, 0.29) is 11.8 Å². The Labute approximate surface area is 120 Å². The second-order valence-corrected chi connectivity index (χ2v) is 5.81. The van der Waals surface area contributed by atoms with E-state index in [2.05, 4.69) is 35.8 Å². The van der Waals surface area contributed by atoms with Crippen LogP contribution in [-0.2, 0) is 11.3 Å². The molecule has 0 saturated heterocycles. The normalized spacial score (nSPS) is 26.9. The van der Waals surface area contributed by atoms with Crippen molar-refractivity contribution in [1.82, 2.24) is 5.32 Å². The molecular formula is C17H22N2O. The fourth-order valence-corrected chi connectivity index (χ4v) is 3.36. The van der Waals surface area contributed by atoms with Gasteiger partial charge >= 0.3 is 0 Å². The molecule has 0 radical (unpaired) electrons. The van der Waals surface area contributed by atoms with E-state index in [4.69, 9.17) is 0 Å². The van der Waals surface area contributed by atoms with Gasteiger partial charge in [0, 0.05) is 18.2 Å². The number of hydrogen-bond donors (Lipinski definition) is 2. The van der Waals surface area contributed by atoms with E-state index in [9.17, 15) is 4.79 Å². The first-order chi connectivity index (χ1) is 9.78. The summed E-state index contributed by atoms with van der Waals surface area (Å²) in [5.41, 5.74) is 2.10. The van der Waals surface area contributed by atoms with E-state index < -0.39 is 0 Å². The van der Waals surface area contributed by atoms with Crippen LogP contribution in [0.1, 0.15) is 25.3 Å². The second-order valence-electron chi connectivity index (χ2n) is 5.81. The van der Waals surface area contributed by atoms with Crippen molar-refractivity contribution >= 4 is 11.6 Å². The number of amides is 1. The SMILES string of the molecule is CCNCc1ccccc1NC(=O)C1CC2C=CC1C2. The van der Waals surface area contributed by atoms with Crippen LogP contribution < -0.4 is 10.6 Å². The quantitative estimate of drug-likeness (QED) is 0.808. The first-order valence-electron chi connectivity index (χ1n) is 7.55. The van der Waals surface area contributed by atoms with Gasteiger partial charge in [0.05, 0.1) is 0 Å². The minimum atomic E-state index is 0.164. The van der Waals surface area contributed by atoms with Gasteiger partial charge in [-0.3, -0.25) is 4.79 Å². The molecule has 2 aliphatic carbocycles. The van der Waals surface area contributed by atoms with Crippen molar-refractivity contribution in [3.05, 3.63) is 42.0 Å². The zero-order valence-electron chi connectivity index (χ0n) is 11.9. The third-order valence-corrected chi connectivity index (χ3v) is 4.46. The summed E-state index contributed by atoms with van der Waals surface area (Å²) < 4.78 is 0. The monoisotopic (exact) mass is 270 g/mol. The van der Waals surface area contributed by atoms with Crippen LogP contribution in [0.4, 0.5) is 5.69 Å². The number of para-hydroxylation sites is 1. The summed E-state index contributed by atoms with van der Waals surface area (Å²) in [6.45, 7) is 3.81. The Balaban J connectivity index is 1.68. The fourth-order valence-electron chi connectivity index (χ4n) is 3.36. The van der Waals surface area contributed by atoms with E-state index >= 15 is 0 Å². The number of anilines is 1. The lowest BCUT2D eigenvalue weighted by Gasteiger charge is -2.19. The summed E-state index contributed by atoms with van der Waals surface area (Å²) in [6.07, 6.45) is 6.68. The van der Waals surface area contributed by atoms with Gasteiger partial charge in [-0.15, -0.1) is 0 Å². The lowest BCUT2D eigenvalue weighted by Crippen LogP contribution is -2.26. The highest BCUT2D eigenvalue weighted by molar-refractivity contribution is 5.94. The van der Waals surface area contributed by atoms with Gasteiger partial charge in [-0.05, 0) is 42.9 Å². The maximum atomic E-state index is 12.5. The van der Waals surface area contributed by atoms with E-state index in [0.717, 1.165) is 37.2 Å². The van der Waals surface area contributed by atoms with E-state index in [1.54, 1.807) is 0 Å². The Morgan fingerprint density at radius 3 is 2.80 bits per heavy atom. The van der Waals surface area contributed by atoms with Gasteiger partial charge < -0.3 is 10.6 Å². The number of fused-ring (bicyclic) bond motifs is 2. The molecule has 1 aromatic carbocycles. The van der Waals surface area contributed by atoms with Crippen LogP contribution in [0.25, 0.3) is 0 Å². The predicted octanol–water partition coefficient (Wildman–Crippen LogP) is 2.95. The molecule has 0 spiro atoms. The van der Waals surface area contributed by atoms with Crippen molar-refractivity contribution < 1.29 is 4.79 Å². The molecule has 0 aliphatic heterocycles. The molecule has 106 valence electrons. The highest BCUT2D eigenvalue weighted by Gasteiger charge is 2.39. The van der Waals surface area contributed by atoms with E-state index in [0.29, 0.717) is 11.8 Å². The van der Waals surface area contributed by atoms with Gasteiger partial charge in [0.1, 0.15) is 0 Å². The van der Waals surface area contributed by atoms with Crippen molar-refractivity contribution in [3.63, 3.8) is 0 Å². The topological polar surface area (TPSA) is 41.1 Å². The summed E-state index contributed by atoms with van der Waals surface area (Å²) in [5.74, 6) is 1.44. The third kappa shape index (κ3) is 2.63. The molecule has 0 heterocycles. The Morgan fingerprint density at radius 2 is 2.10 bits per heavy atom. The molecule has 2 bridgehead atoms. The number of carbonyl (C=O) groups excluding carboxylic acids is 1. The highest BCUT2D eigenvalue weighted by Crippen LogP contribution is 2.43. The van der Waals surface area contributed by atoms with Crippen LogP contribution >= 0.6 is 0 Å². The first kappa shape index (κ1) is 13.4. The molecule has 2 N–H and O–H groups in total. The molecule has 20 heavy (non-hydrogen) atoms. The van der Waals surface area contributed by atoms with E-state index in [1.165, 1.54) is 0 Å². The Morgan fingerprint density at radius 1 is 1.25 bits per heavy atom. The van der Waals surface area contributed by atoms with Gasteiger partial charge in [0.15, 0.2) is 0 Å². The summed E-state index contributed by atoms with van der Waals surface area (Å²) in [5, 5.41) is 6.45. The zero-order chi connectivity index (χ0) is 13.9. The predicted molar refractivity (Wildman–Crippen MR) is 81.3 cm³/mol. The minimum Gasteiger partial charge on any atom is -0.326 e. The lowest BCUT2D eigenvalue weighted by molar-refractivity contribution is -0.120. The Hall–Kier alpha value is -1.61. The van der Waals surface area contributed by atoms with Crippen LogP contribution in [0.5, 0.6) is 0 Å². The first-order valence-corrected chi connectivity index (χ1v) is 7.55. The maximum Gasteiger partial charge on any atom is 0.228 e. The van der Waals surface area contributed by atoms with Crippen molar-refractivity contribution in [2.24, 2.45) is 17.8 Å². The number of carbonyl (C=O) groups is 1. The standard InChI is InChI=1S/C17H22N2O/c1-2-18-11-14-5-3-4-6-16(14)19-17(20)15-10-12-7-8-13(15)9-12/h3-8,12-13,15,18H,2,9-11H2,1H3,(H,19,20). The van der Waals surface area contributed by atoms with Gasteiger partial charge in [-0.2, -0.15) is 0 Å². The van der Waals surface area contributed by atoms with Crippen LogP contribution in [-0.4, -0.2) is 12.5 Å². The van der Waals surface area contributed by atoms with E-state index in [1.807, 2.05) is 18.2 Å². The average molecular weight is 270 g/mol. The van der Waals surface area contributed by atoms with Crippen molar-refractivity contribution in [3.8, 4) is 0 Å². The Bertz CT molecular complexity index is 523. The third-order valence-electron chi connectivity index (χ3n) is 4.46. The number of benzene rings is 1. The largest absolute Gasteiger partial charge is 0.326 e. The summed E-state index contributed by atoms with van der Waals surface area (Å²) in [4.78, 5) is 12.5. The number of rotatable bonds is 5. The molecule has 1 aromatic rings. The molecular weight excluding hydrogens is 248 g/mol. The number of allylic oxidation sites excluding steroid dienone is 2. The molecule has 1 saturated carbocycles. The molecule has 2 aliphatic rings. The molecule has 3 atom stereocenters. The van der Waals surface area contributed by atoms with Crippen LogP contribution in [0, 0.1) is 17.8 Å². The lowest BCUT2D eigenvalue weighted by atomic mass is 9.92. The zero-order valence-corrected chi connectivity index (χ0v) is 11.9. The fraction of sp³-hybridized carbons (Fsp3) is 0.471. The van der Waals surface area contributed by atoms with Gasteiger partial charge in [0.2, 0.25) is 5.91 Å².